The maximum atomic E-state index is 11.6. The number of carbonyl (C=O) groups is 1. The molecule has 5 heteroatoms. The molecule has 0 bridgehead atoms. The number of amides is 2. The van der Waals surface area contributed by atoms with Crippen molar-refractivity contribution in [3.63, 3.8) is 0 Å². The molecule has 2 amide bonds. The molecule has 0 heterocycles. The minimum absolute atomic E-state index is 0.239. The molecule has 0 unspecified atom stereocenters. The molecular weight excluding hydrogens is 300 g/mol. The fraction of sp³-hybridized carbons (Fsp3) is 0. The van der Waals surface area contributed by atoms with Gasteiger partial charge in [-0.15, -0.1) is 0 Å². The summed E-state index contributed by atoms with van der Waals surface area (Å²) in [6.45, 7) is 0. The second-order valence-electron chi connectivity index (χ2n) is 4.94. The fourth-order valence-electron chi connectivity index (χ4n) is 1.85. The zero-order valence-corrected chi connectivity index (χ0v) is 13.1. The quantitative estimate of drug-likeness (QED) is 0.534. The Hall–Kier alpha value is -3.47. The molecule has 0 saturated carbocycles. The number of rotatable bonds is 2. The summed E-state index contributed by atoms with van der Waals surface area (Å²) in [5, 5.41) is 5.48. The molecule has 122 valence electrons. The van der Waals surface area contributed by atoms with Crippen LogP contribution in [-0.4, -0.2) is 6.03 Å². The van der Waals surface area contributed by atoms with Crippen molar-refractivity contribution in [2.75, 3.05) is 22.1 Å². The first-order chi connectivity index (χ1) is 11.6. The van der Waals surface area contributed by atoms with E-state index in [1.54, 1.807) is 12.1 Å². The lowest BCUT2D eigenvalue weighted by atomic mass is 10.3. The standard InChI is InChI=1S/C13H12N2O.C6H8N2/c16-13(14-11-7-3-1-4-8-11)15-12-9-5-2-6-10-12;7-5-3-1-2-4-6(5)8/h1-10H,(H2,14,15,16);1-4H,7-8H2. The Kier molecular flexibility index (Phi) is 6.23. The van der Waals surface area contributed by atoms with Gasteiger partial charge in [-0.05, 0) is 36.4 Å². The predicted octanol–water partition coefficient (Wildman–Crippen LogP) is 4.18. The molecule has 0 radical (unpaired) electrons. The summed E-state index contributed by atoms with van der Waals surface area (Å²) in [5.74, 6) is 0. The van der Waals surface area contributed by atoms with E-state index in [2.05, 4.69) is 10.6 Å². The summed E-state index contributed by atoms with van der Waals surface area (Å²) < 4.78 is 0. The lowest BCUT2D eigenvalue weighted by Gasteiger charge is -2.06. The molecule has 0 aliphatic heterocycles. The van der Waals surface area contributed by atoms with Crippen LogP contribution >= 0.6 is 0 Å². The Bertz CT molecular complexity index is 696. The van der Waals surface area contributed by atoms with Crippen LogP contribution in [0.3, 0.4) is 0 Å². The summed E-state index contributed by atoms with van der Waals surface area (Å²) in [4.78, 5) is 11.6. The Balaban J connectivity index is 0.000000219. The number of benzene rings is 3. The van der Waals surface area contributed by atoms with E-state index < -0.39 is 0 Å². The topological polar surface area (TPSA) is 93.2 Å². The van der Waals surface area contributed by atoms with E-state index in [1.165, 1.54) is 0 Å². The zero-order valence-electron chi connectivity index (χ0n) is 13.1. The lowest BCUT2D eigenvalue weighted by molar-refractivity contribution is 0.262. The molecule has 0 aliphatic carbocycles. The van der Waals surface area contributed by atoms with Crippen molar-refractivity contribution in [3.05, 3.63) is 84.9 Å². The largest absolute Gasteiger partial charge is 0.397 e. The monoisotopic (exact) mass is 320 g/mol. The van der Waals surface area contributed by atoms with Gasteiger partial charge in [0, 0.05) is 11.4 Å². The number of nitrogens with two attached hydrogens (primary N) is 2. The highest BCUT2D eigenvalue weighted by Crippen LogP contribution is 2.10. The van der Waals surface area contributed by atoms with Crippen molar-refractivity contribution < 1.29 is 4.79 Å². The highest BCUT2D eigenvalue weighted by molar-refractivity contribution is 5.99. The van der Waals surface area contributed by atoms with Gasteiger partial charge in [0.05, 0.1) is 11.4 Å². The first-order valence-electron chi connectivity index (χ1n) is 7.43. The smallest absolute Gasteiger partial charge is 0.323 e. The molecule has 0 saturated heterocycles. The summed E-state index contributed by atoms with van der Waals surface area (Å²) in [6.07, 6.45) is 0. The van der Waals surface area contributed by atoms with Crippen LogP contribution in [0.2, 0.25) is 0 Å². The van der Waals surface area contributed by atoms with Gasteiger partial charge in [0.15, 0.2) is 0 Å². The first-order valence-corrected chi connectivity index (χ1v) is 7.43. The van der Waals surface area contributed by atoms with Crippen LogP contribution in [0.5, 0.6) is 0 Å². The average molecular weight is 320 g/mol. The average Bonchev–Trinajstić information content (AvgIpc) is 2.60. The van der Waals surface area contributed by atoms with Crippen LogP contribution in [0.1, 0.15) is 0 Å². The van der Waals surface area contributed by atoms with Gasteiger partial charge in [-0.1, -0.05) is 48.5 Å². The van der Waals surface area contributed by atoms with E-state index in [4.69, 9.17) is 11.5 Å². The molecule has 0 atom stereocenters. The van der Waals surface area contributed by atoms with Crippen LogP contribution in [0.4, 0.5) is 27.5 Å². The molecule has 3 aromatic rings. The Morgan fingerprint density at radius 2 is 0.917 bits per heavy atom. The summed E-state index contributed by atoms with van der Waals surface area (Å²) in [5.41, 5.74) is 13.6. The van der Waals surface area contributed by atoms with Crippen LogP contribution in [0.25, 0.3) is 0 Å². The van der Waals surface area contributed by atoms with Crippen molar-refractivity contribution in [2.45, 2.75) is 0 Å². The number of anilines is 4. The normalized spacial score (nSPS) is 9.33. The van der Waals surface area contributed by atoms with E-state index in [9.17, 15) is 4.79 Å². The summed E-state index contributed by atoms with van der Waals surface area (Å²) >= 11 is 0. The van der Waals surface area contributed by atoms with Crippen LogP contribution in [-0.2, 0) is 0 Å². The van der Waals surface area contributed by atoms with E-state index in [0.29, 0.717) is 11.4 Å². The third-order valence-electron chi connectivity index (χ3n) is 3.06. The van der Waals surface area contributed by atoms with Crippen molar-refractivity contribution >= 4 is 28.8 Å². The molecule has 0 fully saturated rings. The van der Waals surface area contributed by atoms with Crippen molar-refractivity contribution in [1.29, 1.82) is 0 Å². The first kappa shape index (κ1) is 16.9. The zero-order chi connectivity index (χ0) is 17.2. The molecule has 24 heavy (non-hydrogen) atoms. The Morgan fingerprint density at radius 1 is 0.583 bits per heavy atom. The highest BCUT2D eigenvalue weighted by Gasteiger charge is 2.00. The fourth-order valence-corrected chi connectivity index (χ4v) is 1.85. The van der Waals surface area contributed by atoms with Crippen LogP contribution < -0.4 is 22.1 Å². The Morgan fingerprint density at radius 3 is 1.25 bits per heavy atom. The molecule has 0 aliphatic rings. The van der Waals surface area contributed by atoms with Gasteiger partial charge in [0.1, 0.15) is 0 Å². The SMILES string of the molecule is Nc1ccccc1N.O=C(Nc1ccccc1)Nc1ccccc1. The number of hydrogen-bond donors (Lipinski definition) is 4. The third kappa shape index (κ3) is 5.73. The summed E-state index contributed by atoms with van der Waals surface area (Å²) in [6, 6.07) is 25.7. The molecule has 3 aromatic carbocycles. The van der Waals surface area contributed by atoms with Gasteiger partial charge in [-0.25, -0.2) is 4.79 Å². The van der Waals surface area contributed by atoms with Gasteiger partial charge >= 0.3 is 6.03 Å². The van der Waals surface area contributed by atoms with Gasteiger partial charge < -0.3 is 22.1 Å². The second-order valence-corrected chi connectivity index (χ2v) is 4.94. The van der Waals surface area contributed by atoms with E-state index in [1.807, 2.05) is 72.8 Å². The van der Waals surface area contributed by atoms with Crippen molar-refractivity contribution in [2.24, 2.45) is 0 Å². The summed E-state index contributed by atoms with van der Waals surface area (Å²) in [7, 11) is 0. The molecule has 0 spiro atoms. The van der Waals surface area contributed by atoms with Crippen molar-refractivity contribution in [3.8, 4) is 0 Å². The van der Waals surface area contributed by atoms with Crippen LogP contribution in [0.15, 0.2) is 84.9 Å². The van der Waals surface area contributed by atoms with Gasteiger partial charge in [0.2, 0.25) is 0 Å². The molecule has 3 rings (SSSR count). The predicted molar refractivity (Wildman–Crippen MR) is 101 cm³/mol. The minimum Gasteiger partial charge on any atom is -0.397 e. The number of nitrogen functional groups attached to an aromatic ring is 2. The lowest BCUT2D eigenvalue weighted by Crippen LogP contribution is -2.19. The molecule has 5 nitrogen and oxygen atoms in total. The maximum Gasteiger partial charge on any atom is 0.323 e. The second kappa shape index (κ2) is 8.85. The minimum atomic E-state index is -0.239. The number of carbonyl (C=O) groups excluding carboxylic acids is 1. The third-order valence-corrected chi connectivity index (χ3v) is 3.06. The highest BCUT2D eigenvalue weighted by atomic mass is 16.2. The number of para-hydroxylation sites is 4. The molecule has 0 aromatic heterocycles. The Labute approximate surface area is 141 Å². The van der Waals surface area contributed by atoms with Crippen molar-refractivity contribution in [1.82, 2.24) is 0 Å². The number of nitrogens with one attached hydrogen (secondary N) is 2. The van der Waals surface area contributed by atoms with E-state index >= 15 is 0 Å². The number of hydrogen-bond acceptors (Lipinski definition) is 3. The van der Waals surface area contributed by atoms with E-state index in [-0.39, 0.29) is 6.03 Å². The van der Waals surface area contributed by atoms with Crippen LogP contribution in [0, 0.1) is 0 Å². The van der Waals surface area contributed by atoms with Gasteiger partial charge in [0.25, 0.3) is 0 Å². The number of urea groups is 1. The van der Waals surface area contributed by atoms with E-state index in [0.717, 1.165) is 11.4 Å². The van der Waals surface area contributed by atoms with Gasteiger partial charge in [-0.3, -0.25) is 0 Å². The molecular formula is C19H20N4O. The molecule has 6 N–H and O–H groups in total. The van der Waals surface area contributed by atoms with Gasteiger partial charge in [-0.2, -0.15) is 0 Å². The maximum absolute atomic E-state index is 11.6.